The lowest BCUT2D eigenvalue weighted by molar-refractivity contribution is 0.619. The highest BCUT2D eigenvalue weighted by molar-refractivity contribution is 4.47. The maximum Gasteiger partial charge on any atom is 0.0425 e. The summed E-state index contributed by atoms with van der Waals surface area (Å²) >= 11 is 0. The Hall–Kier alpha value is -0.0800. The zero-order valence-corrected chi connectivity index (χ0v) is 6.12. The van der Waals surface area contributed by atoms with Crippen LogP contribution in [0.2, 0.25) is 0 Å². The van der Waals surface area contributed by atoms with Crippen LogP contribution in [0.25, 0.3) is 0 Å². The van der Waals surface area contributed by atoms with E-state index in [0.29, 0.717) is 19.5 Å². The minimum atomic E-state index is -1.34. The van der Waals surface area contributed by atoms with Gasteiger partial charge >= 0.3 is 0 Å². The molecule has 0 unspecified atom stereocenters. The molecule has 2 N–H and O–H groups in total. The summed E-state index contributed by atoms with van der Waals surface area (Å²) in [5.41, 5.74) is 0. The molecule has 0 spiro atoms. The van der Waals surface area contributed by atoms with E-state index in [2.05, 4.69) is 10.6 Å². The average molecular weight is 134 g/mol. The van der Waals surface area contributed by atoms with Crippen molar-refractivity contribution in [3.63, 3.8) is 0 Å². The second-order valence-corrected chi connectivity index (χ2v) is 1.71. The molecule has 0 aromatic rings. The Morgan fingerprint density at radius 2 is 1.56 bits per heavy atom. The summed E-state index contributed by atoms with van der Waals surface area (Å²) in [7, 11) is 0. The van der Waals surface area contributed by atoms with Crippen molar-refractivity contribution < 1.29 is 5.48 Å². The van der Waals surface area contributed by atoms with Crippen molar-refractivity contribution >= 4 is 0 Å². The molecule has 9 heavy (non-hydrogen) atoms. The van der Waals surface area contributed by atoms with E-state index in [1.807, 2.05) is 0 Å². The SMILES string of the molecule is [2H]C([2H])(C)NCCCNC([2H])([2H])C. The largest absolute Gasteiger partial charge is 0.317 e. The predicted octanol–water partition coefficient (Wildman–Crippen LogP) is 0.595. The van der Waals surface area contributed by atoms with Gasteiger partial charge in [-0.15, -0.1) is 0 Å². The second-order valence-electron chi connectivity index (χ2n) is 1.71. The second kappa shape index (κ2) is 7.92. The van der Waals surface area contributed by atoms with Crippen molar-refractivity contribution in [2.24, 2.45) is 0 Å². The molecule has 0 aromatic carbocycles. The smallest absolute Gasteiger partial charge is 0.0425 e. The van der Waals surface area contributed by atoms with E-state index < -0.39 is 13.0 Å². The van der Waals surface area contributed by atoms with Crippen molar-refractivity contribution in [1.82, 2.24) is 10.6 Å². The van der Waals surface area contributed by atoms with Gasteiger partial charge in [0.25, 0.3) is 0 Å². The van der Waals surface area contributed by atoms with Gasteiger partial charge in [-0.25, -0.2) is 0 Å². The van der Waals surface area contributed by atoms with Gasteiger partial charge in [0.15, 0.2) is 0 Å². The maximum atomic E-state index is 7.15. The van der Waals surface area contributed by atoms with Gasteiger partial charge in [-0.2, -0.15) is 0 Å². The molecule has 56 valence electrons. The molecule has 0 amide bonds. The van der Waals surface area contributed by atoms with Crippen LogP contribution >= 0.6 is 0 Å². The first-order chi connectivity index (χ1) is 5.71. The number of hydrogen-bond donors (Lipinski definition) is 2. The van der Waals surface area contributed by atoms with Gasteiger partial charge in [0.2, 0.25) is 0 Å². The van der Waals surface area contributed by atoms with Crippen molar-refractivity contribution in [2.75, 3.05) is 26.1 Å². The van der Waals surface area contributed by atoms with Crippen LogP contribution < -0.4 is 10.6 Å². The Kier molecular flexibility index (Phi) is 3.47. The van der Waals surface area contributed by atoms with Gasteiger partial charge < -0.3 is 10.6 Å². The summed E-state index contributed by atoms with van der Waals surface area (Å²) in [6.45, 7) is 1.33. The molecule has 0 aliphatic carbocycles. The molecule has 0 radical (unpaired) electrons. The molecule has 0 aliphatic heterocycles. The predicted molar refractivity (Wildman–Crippen MR) is 41.7 cm³/mol. The van der Waals surface area contributed by atoms with E-state index in [9.17, 15) is 0 Å². The monoisotopic (exact) mass is 134 g/mol. The first kappa shape index (κ1) is 3.94. The maximum absolute atomic E-state index is 7.15. The summed E-state index contributed by atoms with van der Waals surface area (Å²) in [5.74, 6) is 0. The Balaban J connectivity index is 3.28. The van der Waals surface area contributed by atoms with Crippen LogP contribution in [0.5, 0.6) is 0 Å². The van der Waals surface area contributed by atoms with Crippen LogP contribution in [0.3, 0.4) is 0 Å². The number of nitrogens with one attached hydrogen (secondary N) is 2. The van der Waals surface area contributed by atoms with E-state index in [1.165, 1.54) is 13.8 Å². The van der Waals surface area contributed by atoms with E-state index in [-0.39, 0.29) is 0 Å². The van der Waals surface area contributed by atoms with Crippen molar-refractivity contribution in [2.45, 2.75) is 20.3 Å². The molecule has 2 nitrogen and oxygen atoms in total. The Labute approximate surface area is 63.6 Å². The first-order valence-corrected chi connectivity index (χ1v) is 3.21. The van der Waals surface area contributed by atoms with Gasteiger partial charge in [0.1, 0.15) is 0 Å². The fourth-order valence-electron chi connectivity index (χ4n) is 0.515. The zero-order chi connectivity index (χ0) is 10.5. The lowest BCUT2D eigenvalue weighted by atomic mass is 10.4. The van der Waals surface area contributed by atoms with Crippen LogP contribution in [-0.4, -0.2) is 26.1 Å². The molecular weight excluding hydrogens is 112 g/mol. The molecule has 0 bridgehead atoms. The third kappa shape index (κ3) is 7.92. The molecule has 0 fully saturated rings. The highest BCUT2D eigenvalue weighted by Crippen LogP contribution is 1.70. The van der Waals surface area contributed by atoms with Gasteiger partial charge in [-0.3, -0.25) is 0 Å². The molecule has 2 heteroatoms. The van der Waals surface area contributed by atoms with Crippen molar-refractivity contribution in [3.8, 4) is 0 Å². The summed E-state index contributed by atoms with van der Waals surface area (Å²) in [6, 6.07) is 0. The molecule has 0 aromatic heterocycles. The van der Waals surface area contributed by atoms with E-state index >= 15 is 0 Å². The third-order valence-corrected chi connectivity index (χ3v) is 0.957. The minimum Gasteiger partial charge on any atom is -0.317 e. The summed E-state index contributed by atoms with van der Waals surface area (Å²) < 4.78 is 28.6. The van der Waals surface area contributed by atoms with Gasteiger partial charge in [-0.1, -0.05) is 13.8 Å². The lowest BCUT2D eigenvalue weighted by Crippen LogP contribution is -2.21. The average Bonchev–Trinajstić information content (AvgIpc) is 1.81. The molecular formula is C7H18N2. The number of rotatable bonds is 6. The standard InChI is InChI=1S/C7H18N2/c1-3-8-6-5-7-9-4-2/h8-9H,3-7H2,1-2H3/i3D2,4D2. The van der Waals surface area contributed by atoms with E-state index in [0.717, 1.165) is 0 Å². The normalized spacial score (nSPS) is 19.8. The van der Waals surface area contributed by atoms with E-state index in [1.54, 1.807) is 0 Å². The third-order valence-electron chi connectivity index (χ3n) is 0.957. The Bertz CT molecular complexity index is 122. The summed E-state index contributed by atoms with van der Waals surface area (Å²) in [6.07, 6.45) is 0.709. The van der Waals surface area contributed by atoms with Crippen molar-refractivity contribution in [3.05, 3.63) is 0 Å². The Morgan fingerprint density at radius 3 is 1.89 bits per heavy atom. The minimum absolute atomic E-state index is 0.548. The van der Waals surface area contributed by atoms with Crippen molar-refractivity contribution in [1.29, 1.82) is 0 Å². The molecule has 0 saturated carbocycles. The highest BCUT2D eigenvalue weighted by Gasteiger charge is 1.82. The molecule has 0 saturated heterocycles. The molecule has 0 atom stereocenters. The Morgan fingerprint density at radius 1 is 1.11 bits per heavy atom. The van der Waals surface area contributed by atoms with Crippen LogP contribution in [0.15, 0.2) is 0 Å². The summed E-state index contributed by atoms with van der Waals surface area (Å²) in [5, 5.41) is 5.36. The fourth-order valence-corrected chi connectivity index (χ4v) is 0.515. The fraction of sp³-hybridized carbons (Fsp3) is 1.00. The van der Waals surface area contributed by atoms with Crippen LogP contribution in [-0.2, 0) is 0 Å². The van der Waals surface area contributed by atoms with Gasteiger partial charge in [0.05, 0.1) is 0 Å². The van der Waals surface area contributed by atoms with Crippen LogP contribution in [0.4, 0.5) is 0 Å². The lowest BCUT2D eigenvalue weighted by Gasteiger charge is -2.00. The van der Waals surface area contributed by atoms with Gasteiger partial charge in [0, 0.05) is 5.48 Å². The molecule has 0 rings (SSSR count). The quantitative estimate of drug-likeness (QED) is 0.520. The highest BCUT2D eigenvalue weighted by atomic mass is 14.9. The topological polar surface area (TPSA) is 24.1 Å². The van der Waals surface area contributed by atoms with Gasteiger partial charge in [-0.05, 0) is 32.5 Å². The van der Waals surface area contributed by atoms with E-state index in [4.69, 9.17) is 5.48 Å². The van der Waals surface area contributed by atoms with Crippen LogP contribution in [0, 0.1) is 0 Å². The molecule has 0 aliphatic rings. The first-order valence-electron chi connectivity index (χ1n) is 5.21. The van der Waals surface area contributed by atoms with Crippen LogP contribution in [0.1, 0.15) is 25.8 Å². The summed E-state index contributed by atoms with van der Waals surface area (Å²) in [4.78, 5) is 0. The molecule has 0 heterocycles. The number of hydrogen-bond acceptors (Lipinski definition) is 2. The zero-order valence-electron chi connectivity index (χ0n) is 10.1.